The van der Waals surface area contributed by atoms with Gasteiger partial charge in [-0.3, -0.25) is 0 Å². The molecule has 1 atom stereocenters. The summed E-state index contributed by atoms with van der Waals surface area (Å²) >= 11 is 0. The fraction of sp³-hybridized carbons (Fsp3) is 0.600. The standard InChI is InChI=1S/C20H31N/c1-5-6-8-13-20-16(2)14-15-18-11-9-7-10-12-19(18)17(3)21(20)4/h6,8,13,15-16H,5,7,9-12,14H2,1-4H3/b8-6-,18-15+,19-17-,20-13-. The fourth-order valence-corrected chi connectivity index (χ4v) is 3.49. The Bertz CT molecular complexity index is 476. The zero-order valence-corrected chi connectivity index (χ0v) is 14.3. The van der Waals surface area contributed by atoms with Gasteiger partial charge in [-0.1, -0.05) is 38.5 Å². The van der Waals surface area contributed by atoms with Crippen LogP contribution in [0.2, 0.25) is 0 Å². The number of fused-ring (bicyclic) bond motifs is 1. The summed E-state index contributed by atoms with van der Waals surface area (Å²) in [6.07, 6.45) is 18.2. The van der Waals surface area contributed by atoms with E-state index in [4.69, 9.17) is 0 Å². The molecule has 0 radical (unpaired) electrons. The number of nitrogens with zero attached hydrogens (tertiary/aromatic N) is 1. The van der Waals surface area contributed by atoms with Gasteiger partial charge in [-0.25, -0.2) is 0 Å². The van der Waals surface area contributed by atoms with Gasteiger partial charge in [-0.2, -0.15) is 0 Å². The Morgan fingerprint density at radius 3 is 2.76 bits per heavy atom. The van der Waals surface area contributed by atoms with Crippen LogP contribution in [-0.4, -0.2) is 11.9 Å². The molecule has 2 aliphatic rings. The first kappa shape index (κ1) is 16.1. The molecule has 1 nitrogen and oxygen atoms in total. The van der Waals surface area contributed by atoms with Crippen LogP contribution in [0.1, 0.15) is 65.7 Å². The Kier molecular flexibility index (Phi) is 5.90. The van der Waals surface area contributed by atoms with Crippen LogP contribution in [0.15, 0.2) is 46.8 Å². The molecule has 0 N–H and O–H groups in total. The van der Waals surface area contributed by atoms with Gasteiger partial charge in [0.25, 0.3) is 0 Å². The summed E-state index contributed by atoms with van der Waals surface area (Å²) in [7, 11) is 2.25. The quantitative estimate of drug-likeness (QED) is 0.604. The number of hydrogen-bond donors (Lipinski definition) is 0. The minimum absolute atomic E-state index is 0.587. The summed E-state index contributed by atoms with van der Waals surface area (Å²) in [6, 6.07) is 0. The lowest BCUT2D eigenvalue weighted by atomic mass is 9.91. The lowest BCUT2D eigenvalue weighted by Crippen LogP contribution is -2.23. The second-order valence-corrected chi connectivity index (χ2v) is 6.48. The van der Waals surface area contributed by atoms with Crippen molar-refractivity contribution in [3.05, 3.63) is 46.8 Å². The molecule has 1 heterocycles. The van der Waals surface area contributed by atoms with Gasteiger partial charge in [-0.05, 0) is 68.6 Å². The summed E-state index contributed by atoms with van der Waals surface area (Å²) < 4.78 is 0. The molecule has 21 heavy (non-hydrogen) atoms. The highest BCUT2D eigenvalue weighted by atomic mass is 15.1. The first-order valence-electron chi connectivity index (χ1n) is 8.64. The van der Waals surface area contributed by atoms with Crippen molar-refractivity contribution in [1.29, 1.82) is 0 Å². The van der Waals surface area contributed by atoms with Gasteiger partial charge in [0.2, 0.25) is 0 Å². The fourth-order valence-electron chi connectivity index (χ4n) is 3.49. The largest absolute Gasteiger partial charge is 0.351 e. The van der Waals surface area contributed by atoms with Gasteiger partial charge in [-0.15, -0.1) is 0 Å². The van der Waals surface area contributed by atoms with Crippen LogP contribution in [-0.2, 0) is 0 Å². The van der Waals surface area contributed by atoms with E-state index in [1.54, 1.807) is 11.1 Å². The highest BCUT2D eigenvalue weighted by Crippen LogP contribution is 2.36. The number of allylic oxidation sites excluding steroid dienone is 8. The molecule has 1 unspecified atom stereocenters. The molecule has 1 heteroatoms. The van der Waals surface area contributed by atoms with Gasteiger partial charge in [0.05, 0.1) is 0 Å². The van der Waals surface area contributed by atoms with Crippen molar-refractivity contribution in [1.82, 2.24) is 4.90 Å². The molecule has 1 aliphatic heterocycles. The van der Waals surface area contributed by atoms with Gasteiger partial charge in [0, 0.05) is 18.4 Å². The summed E-state index contributed by atoms with van der Waals surface area (Å²) in [6.45, 7) is 6.85. The van der Waals surface area contributed by atoms with Gasteiger partial charge in [0.1, 0.15) is 0 Å². The predicted octanol–water partition coefficient (Wildman–Crippen LogP) is 5.97. The molecule has 1 saturated carbocycles. The predicted molar refractivity (Wildman–Crippen MR) is 92.9 cm³/mol. The maximum absolute atomic E-state index is 2.53. The Hall–Kier alpha value is -1.24. The first-order valence-corrected chi connectivity index (χ1v) is 8.64. The van der Waals surface area contributed by atoms with E-state index >= 15 is 0 Å². The molecule has 0 bridgehead atoms. The van der Waals surface area contributed by atoms with Crippen molar-refractivity contribution in [3.63, 3.8) is 0 Å². The van der Waals surface area contributed by atoms with E-state index in [-0.39, 0.29) is 0 Å². The second-order valence-electron chi connectivity index (χ2n) is 6.48. The molecule has 2 rings (SSSR count). The Morgan fingerprint density at radius 1 is 1.24 bits per heavy atom. The van der Waals surface area contributed by atoms with E-state index in [1.807, 2.05) is 0 Å². The molecule has 0 aromatic carbocycles. The molecule has 0 aromatic rings. The number of rotatable bonds is 2. The normalized spacial score (nSPS) is 32.4. The lowest BCUT2D eigenvalue weighted by Gasteiger charge is -2.32. The van der Waals surface area contributed by atoms with Crippen molar-refractivity contribution in [2.75, 3.05) is 7.05 Å². The summed E-state index contributed by atoms with van der Waals surface area (Å²) in [5, 5.41) is 0. The topological polar surface area (TPSA) is 3.24 Å². The molecule has 0 spiro atoms. The van der Waals surface area contributed by atoms with Crippen LogP contribution in [0.3, 0.4) is 0 Å². The summed E-state index contributed by atoms with van der Waals surface area (Å²) in [4.78, 5) is 2.44. The third-order valence-electron chi connectivity index (χ3n) is 4.95. The van der Waals surface area contributed by atoms with E-state index in [9.17, 15) is 0 Å². The van der Waals surface area contributed by atoms with E-state index < -0.39 is 0 Å². The summed E-state index contributed by atoms with van der Waals surface area (Å²) in [5.74, 6) is 0.587. The Morgan fingerprint density at radius 2 is 2.00 bits per heavy atom. The van der Waals surface area contributed by atoms with Crippen LogP contribution >= 0.6 is 0 Å². The maximum atomic E-state index is 2.53. The minimum atomic E-state index is 0.587. The van der Waals surface area contributed by atoms with Gasteiger partial charge >= 0.3 is 0 Å². The molecule has 1 aliphatic carbocycles. The average Bonchev–Trinajstić information content (AvgIpc) is 2.72. The molecule has 0 aromatic heterocycles. The highest BCUT2D eigenvalue weighted by molar-refractivity contribution is 5.38. The van der Waals surface area contributed by atoms with Crippen molar-refractivity contribution < 1.29 is 0 Å². The van der Waals surface area contributed by atoms with Gasteiger partial charge in [0.15, 0.2) is 0 Å². The van der Waals surface area contributed by atoms with Crippen LogP contribution in [0, 0.1) is 5.92 Å². The molecule has 1 fully saturated rings. The van der Waals surface area contributed by atoms with Crippen LogP contribution < -0.4 is 0 Å². The molecular formula is C20H31N. The van der Waals surface area contributed by atoms with Gasteiger partial charge < -0.3 is 4.90 Å². The molecule has 116 valence electrons. The molecule has 0 amide bonds. The third kappa shape index (κ3) is 3.90. The first-order chi connectivity index (χ1) is 10.1. The van der Waals surface area contributed by atoms with E-state index in [0.717, 1.165) is 6.42 Å². The summed E-state index contributed by atoms with van der Waals surface area (Å²) in [5.41, 5.74) is 6.16. The van der Waals surface area contributed by atoms with Crippen molar-refractivity contribution in [2.24, 2.45) is 5.92 Å². The maximum Gasteiger partial charge on any atom is 0.0205 e. The van der Waals surface area contributed by atoms with Crippen molar-refractivity contribution >= 4 is 0 Å². The molecular weight excluding hydrogens is 254 g/mol. The number of hydrogen-bond acceptors (Lipinski definition) is 1. The Balaban J connectivity index is 2.38. The van der Waals surface area contributed by atoms with E-state index in [2.05, 4.69) is 57.0 Å². The zero-order chi connectivity index (χ0) is 15.2. The van der Waals surface area contributed by atoms with Crippen molar-refractivity contribution in [3.8, 4) is 0 Å². The SMILES string of the molecule is CC/C=C\C=C1\C(C)C/C=C2\CCCCC\C2=C(/C)N1C. The van der Waals surface area contributed by atoms with Crippen LogP contribution in [0.25, 0.3) is 0 Å². The Labute approximate surface area is 131 Å². The van der Waals surface area contributed by atoms with Crippen LogP contribution in [0.4, 0.5) is 0 Å². The average molecular weight is 285 g/mol. The smallest absolute Gasteiger partial charge is 0.0205 e. The third-order valence-corrected chi connectivity index (χ3v) is 4.95. The zero-order valence-electron chi connectivity index (χ0n) is 14.3. The highest BCUT2D eigenvalue weighted by Gasteiger charge is 2.21. The minimum Gasteiger partial charge on any atom is -0.351 e. The van der Waals surface area contributed by atoms with E-state index in [1.165, 1.54) is 49.9 Å². The second kappa shape index (κ2) is 7.68. The monoisotopic (exact) mass is 285 g/mol. The molecule has 0 saturated heterocycles. The van der Waals surface area contributed by atoms with Crippen LogP contribution in [0.5, 0.6) is 0 Å². The van der Waals surface area contributed by atoms with E-state index in [0.29, 0.717) is 5.92 Å². The van der Waals surface area contributed by atoms with Crippen molar-refractivity contribution in [2.45, 2.75) is 65.7 Å². The lowest BCUT2D eigenvalue weighted by molar-refractivity contribution is 0.430.